The maximum absolute atomic E-state index is 10.5. The summed E-state index contributed by atoms with van der Waals surface area (Å²) in [5.41, 5.74) is 0. The molecule has 0 aliphatic carbocycles. The number of nitrogens with zero attached hydrogens (tertiary/aromatic N) is 1. The van der Waals surface area contributed by atoms with Crippen LogP contribution >= 0.6 is 12.2 Å². The largest absolute Gasteiger partial charge is 0.463 e. The summed E-state index contributed by atoms with van der Waals surface area (Å²) in [6.45, 7) is 2.26. The van der Waals surface area contributed by atoms with Gasteiger partial charge in [0.15, 0.2) is 0 Å². The van der Waals surface area contributed by atoms with Crippen molar-refractivity contribution < 1.29 is 14.3 Å². The van der Waals surface area contributed by atoms with Gasteiger partial charge in [-0.3, -0.25) is 4.79 Å². The molecule has 4 nitrogen and oxygen atoms in total. The topological polar surface area (TPSA) is 47.9 Å². The molecule has 5 heteroatoms. The van der Waals surface area contributed by atoms with E-state index in [9.17, 15) is 4.79 Å². The first-order chi connectivity index (χ1) is 6.72. The van der Waals surface area contributed by atoms with Gasteiger partial charge in [0.2, 0.25) is 0 Å². The zero-order chi connectivity index (χ0) is 10.4. The second kappa shape index (κ2) is 5.86. The van der Waals surface area contributed by atoms with Gasteiger partial charge < -0.3 is 9.47 Å². The highest BCUT2D eigenvalue weighted by molar-refractivity contribution is 7.78. The Morgan fingerprint density at radius 1 is 1.71 bits per heavy atom. The normalized spacial score (nSPS) is 26.4. The first kappa shape index (κ1) is 11.3. The summed E-state index contributed by atoms with van der Waals surface area (Å²) in [6.07, 6.45) is 1.77. The minimum atomic E-state index is -0.271. The van der Waals surface area contributed by atoms with Crippen LogP contribution in [0.15, 0.2) is 4.99 Å². The van der Waals surface area contributed by atoms with Crippen molar-refractivity contribution in [3.05, 3.63) is 0 Å². The third-order valence-electron chi connectivity index (χ3n) is 2.05. The van der Waals surface area contributed by atoms with Gasteiger partial charge >= 0.3 is 5.97 Å². The Morgan fingerprint density at radius 3 is 3.00 bits per heavy atom. The molecule has 0 N–H and O–H groups in total. The molecule has 0 unspecified atom stereocenters. The molecule has 0 aromatic carbocycles. The van der Waals surface area contributed by atoms with Crippen LogP contribution in [0.2, 0.25) is 0 Å². The maximum atomic E-state index is 10.5. The van der Waals surface area contributed by atoms with E-state index in [2.05, 4.69) is 22.4 Å². The van der Waals surface area contributed by atoms with Gasteiger partial charge in [-0.2, -0.15) is 0 Å². The van der Waals surface area contributed by atoms with Crippen LogP contribution in [-0.2, 0) is 14.3 Å². The van der Waals surface area contributed by atoms with Gasteiger partial charge in [0.25, 0.3) is 0 Å². The number of ether oxygens (including phenoxy) is 2. The fourth-order valence-corrected chi connectivity index (χ4v) is 1.46. The van der Waals surface area contributed by atoms with E-state index in [4.69, 9.17) is 9.47 Å². The molecule has 1 rings (SSSR count). The van der Waals surface area contributed by atoms with Gasteiger partial charge in [0.1, 0.15) is 6.61 Å². The Bertz CT molecular complexity index is 242. The SMILES string of the molecule is CC(=O)OC[C@H]1CC[C@@H](N=C=S)CO1. The average Bonchev–Trinajstić information content (AvgIpc) is 2.17. The van der Waals surface area contributed by atoms with E-state index in [0.29, 0.717) is 13.2 Å². The van der Waals surface area contributed by atoms with Crippen LogP contribution in [0, 0.1) is 0 Å². The van der Waals surface area contributed by atoms with Gasteiger partial charge in [-0.25, -0.2) is 4.99 Å². The van der Waals surface area contributed by atoms with Crippen LogP contribution in [0.5, 0.6) is 0 Å². The molecular formula is C9H13NO3S. The number of carbonyl (C=O) groups excluding carboxylic acids is 1. The van der Waals surface area contributed by atoms with E-state index >= 15 is 0 Å². The lowest BCUT2D eigenvalue weighted by molar-refractivity contribution is -0.146. The Morgan fingerprint density at radius 2 is 2.50 bits per heavy atom. The number of esters is 1. The van der Waals surface area contributed by atoms with Gasteiger partial charge in [0.05, 0.1) is 23.9 Å². The number of hydrogen-bond acceptors (Lipinski definition) is 5. The predicted molar refractivity (Wildman–Crippen MR) is 54.4 cm³/mol. The van der Waals surface area contributed by atoms with Crippen molar-refractivity contribution in [1.82, 2.24) is 0 Å². The van der Waals surface area contributed by atoms with E-state index in [1.807, 2.05) is 0 Å². The molecular weight excluding hydrogens is 202 g/mol. The van der Waals surface area contributed by atoms with Crippen molar-refractivity contribution in [2.75, 3.05) is 13.2 Å². The van der Waals surface area contributed by atoms with Crippen molar-refractivity contribution in [1.29, 1.82) is 0 Å². The molecule has 78 valence electrons. The summed E-state index contributed by atoms with van der Waals surface area (Å²) in [4.78, 5) is 14.5. The summed E-state index contributed by atoms with van der Waals surface area (Å²) in [6, 6.07) is 0.126. The minimum absolute atomic E-state index is 0.00970. The fourth-order valence-electron chi connectivity index (χ4n) is 1.31. The van der Waals surface area contributed by atoms with Crippen LogP contribution in [0.4, 0.5) is 0 Å². The van der Waals surface area contributed by atoms with Gasteiger partial charge in [-0.05, 0) is 25.1 Å². The van der Waals surface area contributed by atoms with E-state index < -0.39 is 0 Å². The Hall–Kier alpha value is -0.770. The molecule has 1 saturated heterocycles. The van der Waals surface area contributed by atoms with Gasteiger partial charge in [0, 0.05) is 6.92 Å². The Balaban J connectivity index is 2.21. The summed E-state index contributed by atoms with van der Waals surface area (Å²) >= 11 is 4.51. The zero-order valence-electron chi connectivity index (χ0n) is 8.06. The molecule has 0 amide bonds. The van der Waals surface area contributed by atoms with Gasteiger partial charge in [-0.1, -0.05) is 0 Å². The molecule has 0 bridgehead atoms. The number of thiocarbonyl (C=S) groups is 1. The zero-order valence-corrected chi connectivity index (χ0v) is 8.88. The molecule has 0 spiro atoms. The lowest BCUT2D eigenvalue weighted by atomic mass is 10.1. The van der Waals surface area contributed by atoms with Crippen molar-refractivity contribution in [2.45, 2.75) is 31.9 Å². The highest BCUT2D eigenvalue weighted by Gasteiger charge is 2.21. The van der Waals surface area contributed by atoms with Gasteiger partial charge in [-0.15, -0.1) is 0 Å². The minimum Gasteiger partial charge on any atom is -0.463 e. The highest BCUT2D eigenvalue weighted by Crippen LogP contribution is 2.15. The summed E-state index contributed by atoms with van der Waals surface area (Å²) < 4.78 is 10.3. The molecule has 0 aromatic heterocycles. The third kappa shape index (κ3) is 3.96. The lowest BCUT2D eigenvalue weighted by Crippen LogP contribution is -2.31. The van der Waals surface area contributed by atoms with Crippen LogP contribution in [0.3, 0.4) is 0 Å². The molecule has 0 aromatic rings. The molecule has 0 radical (unpaired) electrons. The highest BCUT2D eigenvalue weighted by atomic mass is 32.1. The van der Waals surface area contributed by atoms with Crippen LogP contribution in [0.25, 0.3) is 0 Å². The molecule has 1 aliphatic heterocycles. The lowest BCUT2D eigenvalue weighted by Gasteiger charge is -2.25. The van der Waals surface area contributed by atoms with Crippen molar-refractivity contribution in [3.63, 3.8) is 0 Å². The second-order valence-corrected chi connectivity index (χ2v) is 3.39. The van der Waals surface area contributed by atoms with Crippen LogP contribution in [-0.4, -0.2) is 36.5 Å². The van der Waals surface area contributed by atoms with E-state index in [1.54, 1.807) is 0 Å². The van der Waals surface area contributed by atoms with E-state index in [0.717, 1.165) is 12.8 Å². The number of hydrogen-bond donors (Lipinski definition) is 0. The monoisotopic (exact) mass is 215 g/mol. The number of isothiocyanates is 1. The van der Waals surface area contributed by atoms with Crippen molar-refractivity contribution in [3.8, 4) is 0 Å². The smallest absolute Gasteiger partial charge is 0.302 e. The first-order valence-corrected chi connectivity index (χ1v) is 4.95. The van der Waals surface area contributed by atoms with Crippen LogP contribution in [0.1, 0.15) is 19.8 Å². The van der Waals surface area contributed by atoms with E-state index in [-0.39, 0.29) is 18.1 Å². The number of carbonyl (C=O) groups is 1. The molecule has 1 fully saturated rings. The molecule has 0 saturated carbocycles. The Kier molecular flexibility index (Phi) is 4.73. The fraction of sp³-hybridized carbons (Fsp3) is 0.778. The predicted octanol–water partition coefficient (Wildman–Crippen LogP) is 1.20. The van der Waals surface area contributed by atoms with E-state index in [1.165, 1.54) is 6.92 Å². The summed E-state index contributed by atoms with van der Waals surface area (Å²) in [5.74, 6) is -0.271. The number of rotatable bonds is 3. The quantitative estimate of drug-likeness (QED) is 0.403. The van der Waals surface area contributed by atoms with Crippen LogP contribution < -0.4 is 0 Å². The first-order valence-electron chi connectivity index (χ1n) is 4.54. The molecule has 14 heavy (non-hydrogen) atoms. The molecule has 1 aliphatic rings. The summed E-state index contributed by atoms with van der Waals surface area (Å²) in [7, 11) is 0. The average molecular weight is 215 g/mol. The third-order valence-corrected chi connectivity index (χ3v) is 2.16. The molecule has 1 heterocycles. The number of aliphatic imine (C=N–C) groups is 1. The second-order valence-electron chi connectivity index (χ2n) is 3.21. The maximum Gasteiger partial charge on any atom is 0.302 e. The standard InChI is InChI=1S/C9H13NO3S/c1-7(11)12-5-9-3-2-8(4-13-9)10-6-14/h8-9H,2-5H2,1H3/t8-,9-/m1/s1. The molecule has 2 atom stereocenters. The summed E-state index contributed by atoms with van der Waals surface area (Å²) in [5, 5.41) is 2.35. The van der Waals surface area contributed by atoms with Crippen molar-refractivity contribution in [2.24, 2.45) is 4.99 Å². The Labute approximate surface area is 88.3 Å². The van der Waals surface area contributed by atoms with Crippen molar-refractivity contribution >= 4 is 23.3 Å².